The first-order valence-corrected chi connectivity index (χ1v) is 8.42. The molecule has 1 aliphatic rings. The van der Waals surface area contributed by atoms with Crippen LogP contribution in [0.2, 0.25) is 0 Å². The first-order valence-electron chi connectivity index (χ1n) is 7.62. The lowest BCUT2D eigenvalue weighted by Crippen LogP contribution is -2.48. The summed E-state index contributed by atoms with van der Waals surface area (Å²) in [4.78, 5) is 2.34. The van der Waals surface area contributed by atoms with Crippen LogP contribution in [0.5, 0.6) is 0 Å². The molecule has 1 fully saturated rings. The monoisotopic (exact) mass is 338 g/mol. The fraction of sp³-hybridized carbons (Fsp3) is 0.647. The summed E-state index contributed by atoms with van der Waals surface area (Å²) in [6.45, 7) is 5.70. The summed E-state index contributed by atoms with van der Waals surface area (Å²) >= 11 is 3.56. The van der Waals surface area contributed by atoms with Crippen LogP contribution in [0, 0.1) is 5.92 Å². The van der Waals surface area contributed by atoms with E-state index in [-0.39, 0.29) is 0 Å². The molecule has 2 rings (SSSR count). The number of likely N-dealkylation sites (N-methyl/N-ethyl adjacent to an activating group) is 1. The van der Waals surface area contributed by atoms with Crippen molar-refractivity contribution in [1.29, 1.82) is 0 Å². The fourth-order valence-electron chi connectivity index (χ4n) is 3.12. The summed E-state index contributed by atoms with van der Waals surface area (Å²) in [5, 5.41) is 3.74. The molecule has 0 aliphatic heterocycles. The van der Waals surface area contributed by atoms with Crippen LogP contribution in [0.25, 0.3) is 0 Å². The minimum absolute atomic E-state index is 0.625. The topological polar surface area (TPSA) is 15.3 Å². The molecule has 0 spiro atoms. The van der Waals surface area contributed by atoms with Crippen LogP contribution in [-0.4, -0.2) is 37.6 Å². The van der Waals surface area contributed by atoms with E-state index in [2.05, 4.69) is 78.4 Å². The smallest absolute Gasteiger partial charge is 0.0237 e. The van der Waals surface area contributed by atoms with Gasteiger partial charge < -0.3 is 10.2 Å². The second-order valence-corrected chi connectivity index (χ2v) is 7.52. The van der Waals surface area contributed by atoms with Crippen molar-refractivity contribution in [2.75, 3.05) is 20.6 Å². The molecule has 1 aromatic rings. The number of nitrogens with one attached hydrogen (secondary N) is 1. The number of hydrogen-bond acceptors (Lipinski definition) is 2. The Bertz CT molecular complexity index is 417. The third-order valence-electron chi connectivity index (χ3n) is 4.51. The van der Waals surface area contributed by atoms with Crippen LogP contribution >= 0.6 is 15.9 Å². The largest absolute Gasteiger partial charge is 0.312 e. The first kappa shape index (κ1) is 16.0. The Morgan fingerprint density at radius 2 is 2.00 bits per heavy atom. The van der Waals surface area contributed by atoms with Crippen LogP contribution in [-0.2, 0) is 0 Å². The zero-order valence-electron chi connectivity index (χ0n) is 13.1. The number of halogens is 1. The van der Waals surface area contributed by atoms with Gasteiger partial charge in [-0.2, -0.15) is 0 Å². The Labute approximate surface area is 132 Å². The molecular weight excluding hydrogens is 312 g/mol. The average Bonchev–Trinajstić information content (AvgIpc) is 2.30. The lowest BCUT2D eigenvalue weighted by Gasteiger charge is -2.38. The minimum atomic E-state index is 0.625. The molecule has 1 N–H and O–H groups in total. The Morgan fingerprint density at radius 1 is 1.30 bits per heavy atom. The van der Waals surface area contributed by atoms with Crippen molar-refractivity contribution < 1.29 is 0 Å². The maximum atomic E-state index is 3.74. The zero-order valence-corrected chi connectivity index (χ0v) is 14.7. The fourth-order valence-corrected chi connectivity index (χ4v) is 3.54. The van der Waals surface area contributed by atoms with Crippen LogP contribution in [0.1, 0.15) is 38.2 Å². The van der Waals surface area contributed by atoms with Crippen LogP contribution in [0.3, 0.4) is 0 Å². The van der Waals surface area contributed by atoms with Gasteiger partial charge in [-0.25, -0.2) is 0 Å². The predicted octanol–water partition coefficient (Wildman–Crippen LogP) is 3.87. The number of rotatable bonds is 6. The van der Waals surface area contributed by atoms with Crippen molar-refractivity contribution in [1.82, 2.24) is 10.2 Å². The summed E-state index contributed by atoms with van der Waals surface area (Å²) in [5.41, 5.74) is 1.48. The Balaban J connectivity index is 1.77. The highest BCUT2D eigenvalue weighted by molar-refractivity contribution is 9.10. The van der Waals surface area contributed by atoms with E-state index in [0.717, 1.165) is 12.5 Å². The molecule has 0 saturated heterocycles. The van der Waals surface area contributed by atoms with E-state index in [1.807, 2.05) is 0 Å². The van der Waals surface area contributed by atoms with Crippen LogP contribution in [0.15, 0.2) is 28.7 Å². The van der Waals surface area contributed by atoms with Gasteiger partial charge in [0.15, 0.2) is 0 Å². The van der Waals surface area contributed by atoms with E-state index in [9.17, 15) is 0 Å². The Hall–Kier alpha value is -0.380. The normalized spacial score (nSPS) is 23.9. The van der Waals surface area contributed by atoms with Gasteiger partial charge in [0.25, 0.3) is 0 Å². The lowest BCUT2D eigenvalue weighted by atomic mass is 9.76. The molecule has 1 aliphatic carbocycles. The molecule has 112 valence electrons. The molecule has 2 nitrogen and oxygen atoms in total. The van der Waals surface area contributed by atoms with E-state index < -0.39 is 0 Å². The maximum Gasteiger partial charge on any atom is 0.0237 e. The van der Waals surface area contributed by atoms with E-state index in [1.165, 1.54) is 22.9 Å². The molecule has 1 aromatic carbocycles. The van der Waals surface area contributed by atoms with Crippen molar-refractivity contribution in [3.8, 4) is 0 Å². The van der Waals surface area contributed by atoms with Gasteiger partial charge >= 0.3 is 0 Å². The molecule has 0 heterocycles. The van der Waals surface area contributed by atoms with E-state index in [4.69, 9.17) is 0 Å². The lowest BCUT2D eigenvalue weighted by molar-refractivity contribution is 0.198. The summed E-state index contributed by atoms with van der Waals surface area (Å²) in [6.07, 6.45) is 2.55. The van der Waals surface area contributed by atoms with Crippen molar-refractivity contribution in [3.63, 3.8) is 0 Å². The van der Waals surface area contributed by atoms with Gasteiger partial charge in [-0.05, 0) is 56.5 Å². The Kier molecular flexibility index (Phi) is 5.65. The van der Waals surface area contributed by atoms with E-state index in [0.29, 0.717) is 18.0 Å². The standard InChI is InChI=1S/C17H27BrN2/c1-12(2)17(20(3)4)11-19-16-9-14(10-16)13-6-5-7-15(18)8-13/h5-8,12,14,16-17,19H,9-11H2,1-4H3. The van der Waals surface area contributed by atoms with Crippen LogP contribution < -0.4 is 5.32 Å². The molecule has 20 heavy (non-hydrogen) atoms. The summed E-state index contributed by atoms with van der Waals surface area (Å²) in [5.74, 6) is 1.43. The summed E-state index contributed by atoms with van der Waals surface area (Å²) < 4.78 is 1.19. The number of hydrogen-bond donors (Lipinski definition) is 1. The van der Waals surface area contributed by atoms with Crippen LogP contribution in [0.4, 0.5) is 0 Å². The molecule has 0 amide bonds. The van der Waals surface area contributed by atoms with Crippen molar-refractivity contribution in [3.05, 3.63) is 34.3 Å². The third-order valence-corrected chi connectivity index (χ3v) is 5.00. The average molecular weight is 339 g/mol. The number of nitrogens with zero attached hydrogens (tertiary/aromatic N) is 1. The van der Waals surface area contributed by atoms with Gasteiger partial charge in [0.05, 0.1) is 0 Å². The molecule has 0 radical (unpaired) electrons. The van der Waals surface area contributed by atoms with Gasteiger partial charge in [0, 0.05) is 23.1 Å². The quantitative estimate of drug-likeness (QED) is 0.846. The summed E-state index contributed by atoms with van der Waals surface area (Å²) in [7, 11) is 4.36. The van der Waals surface area contributed by atoms with Gasteiger partial charge in [0.1, 0.15) is 0 Å². The zero-order chi connectivity index (χ0) is 14.7. The third kappa shape index (κ3) is 4.06. The van der Waals surface area contributed by atoms with Gasteiger partial charge in [-0.15, -0.1) is 0 Å². The molecular formula is C17H27BrN2. The van der Waals surface area contributed by atoms with E-state index in [1.54, 1.807) is 0 Å². The highest BCUT2D eigenvalue weighted by atomic mass is 79.9. The van der Waals surface area contributed by atoms with Crippen molar-refractivity contribution >= 4 is 15.9 Å². The number of benzene rings is 1. The maximum absolute atomic E-state index is 3.74. The molecule has 3 heteroatoms. The molecule has 0 aromatic heterocycles. The SMILES string of the molecule is CC(C)C(CNC1CC(c2cccc(Br)c2)C1)N(C)C. The van der Waals surface area contributed by atoms with E-state index >= 15 is 0 Å². The van der Waals surface area contributed by atoms with Gasteiger partial charge in [-0.3, -0.25) is 0 Å². The Morgan fingerprint density at radius 3 is 2.55 bits per heavy atom. The molecule has 0 bridgehead atoms. The second-order valence-electron chi connectivity index (χ2n) is 6.60. The molecule has 1 unspecified atom stereocenters. The summed E-state index contributed by atoms with van der Waals surface area (Å²) in [6, 6.07) is 10.1. The second kappa shape index (κ2) is 7.06. The van der Waals surface area contributed by atoms with Gasteiger partial charge in [-0.1, -0.05) is 41.9 Å². The predicted molar refractivity (Wildman–Crippen MR) is 90.2 cm³/mol. The highest BCUT2D eigenvalue weighted by Gasteiger charge is 2.30. The minimum Gasteiger partial charge on any atom is -0.312 e. The van der Waals surface area contributed by atoms with Gasteiger partial charge in [0.2, 0.25) is 0 Å². The molecule has 1 saturated carbocycles. The van der Waals surface area contributed by atoms with Crippen molar-refractivity contribution in [2.45, 2.75) is 44.7 Å². The van der Waals surface area contributed by atoms with Crippen molar-refractivity contribution in [2.24, 2.45) is 5.92 Å². The first-order chi connectivity index (χ1) is 9.47. The highest BCUT2D eigenvalue weighted by Crippen LogP contribution is 2.37. The molecule has 1 atom stereocenters.